The molecular formula is C23H17Cl2FN4O. The molecule has 1 heterocycles. The van der Waals surface area contributed by atoms with Crippen LogP contribution in [0, 0.1) is 19.7 Å². The van der Waals surface area contributed by atoms with E-state index in [1.165, 1.54) is 16.8 Å². The lowest BCUT2D eigenvalue weighted by atomic mass is 10.1. The van der Waals surface area contributed by atoms with Crippen LogP contribution >= 0.6 is 23.2 Å². The largest absolute Gasteiger partial charge is 0.319 e. The van der Waals surface area contributed by atoms with Crippen molar-refractivity contribution in [2.24, 2.45) is 0 Å². The molecule has 0 atom stereocenters. The number of halogens is 3. The van der Waals surface area contributed by atoms with Crippen molar-refractivity contribution in [1.82, 2.24) is 14.8 Å². The fourth-order valence-corrected chi connectivity index (χ4v) is 3.35. The molecule has 3 aromatic carbocycles. The van der Waals surface area contributed by atoms with Crippen LogP contribution in [0.1, 0.15) is 21.7 Å². The van der Waals surface area contributed by atoms with Crippen LogP contribution in [0.15, 0.2) is 60.7 Å². The zero-order valence-corrected chi connectivity index (χ0v) is 18.2. The molecule has 31 heavy (non-hydrogen) atoms. The van der Waals surface area contributed by atoms with E-state index in [2.05, 4.69) is 15.4 Å². The van der Waals surface area contributed by atoms with Crippen molar-refractivity contribution in [2.75, 3.05) is 5.32 Å². The molecule has 0 unspecified atom stereocenters. The Morgan fingerprint density at radius 3 is 2.45 bits per heavy atom. The minimum Gasteiger partial charge on any atom is -0.319 e. The van der Waals surface area contributed by atoms with E-state index in [-0.39, 0.29) is 11.6 Å². The third-order valence-electron chi connectivity index (χ3n) is 4.91. The molecule has 0 spiro atoms. The number of hydrogen-bond acceptors (Lipinski definition) is 3. The highest BCUT2D eigenvalue weighted by Crippen LogP contribution is 2.28. The minimum atomic E-state index is -0.462. The van der Waals surface area contributed by atoms with Crippen LogP contribution in [0.3, 0.4) is 0 Å². The molecule has 1 aromatic heterocycles. The number of anilines is 1. The van der Waals surface area contributed by atoms with Gasteiger partial charge in [-0.05, 0) is 73.5 Å². The normalized spacial score (nSPS) is 10.9. The van der Waals surface area contributed by atoms with Crippen LogP contribution < -0.4 is 5.32 Å². The van der Waals surface area contributed by atoms with Gasteiger partial charge in [0.05, 0.1) is 15.7 Å². The summed E-state index contributed by atoms with van der Waals surface area (Å²) in [6.07, 6.45) is 0. The molecule has 0 bridgehead atoms. The predicted octanol–water partition coefficient (Wildman–Crippen LogP) is 6.25. The van der Waals surface area contributed by atoms with Gasteiger partial charge in [0.15, 0.2) is 5.82 Å². The molecule has 156 valence electrons. The molecule has 0 saturated carbocycles. The Kier molecular flexibility index (Phi) is 5.76. The molecule has 0 aliphatic rings. The van der Waals surface area contributed by atoms with Crippen LogP contribution in [-0.4, -0.2) is 20.7 Å². The van der Waals surface area contributed by atoms with Gasteiger partial charge in [0.2, 0.25) is 5.82 Å². The van der Waals surface area contributed by atoms with E-state index in [1.807, 2.05) is 32.0 Å². The molecule has 1 amide bonds. The Bertz CT molecular complexity index is 1290. The van der Waals surface area contributed by atoms with E-state index in [1.54, 1.807) is 30.3 Å². The van der Waals surface area contributed by atoms with Gasteiger partial charge in [-0.2, -0.15) is 0 Å². The van der Waals surface area contributed by atoms with Gasteiger partial charge in [-0.25, -0.2) is 14.1 Å². The maximum absolute atomic E-state index is 13.4. The first kappa shape index (κ1) is 21.0. The number of aryl methyl sites for hydroxylation is 1. The monoisotopic (exact) mass is 454 g/mol. The molecule has 0 radical (unpaired) electrons. The van der Waals surface area contributed by atoms with Gasteiger partial charge in [0.25, 0.3) is 5.91 Å². The smallest absolute Gasteiger partial charge is 0.295 e. The van der Waals surface area contributed by atoms with Gasteiger partial charge < -0.3 is 5.32 Å². The molecule has 4 aromatic rings. The summed E-state index contributed by atoms with van der Waals surface area (Å²) >= 11 is 12.2. The second kappa shape index (κ2) is 8.49. The van der Waals surface area contributed by atoms with Crippen molar-refractivity contribution in [3.63, 3.8) is 0 Å². The summed E-state index contributed by atoms with van der Waals surface area (Å²) in [5, 5.41) is 7.98. The molecule has 0 fully saturated rings. The number of nitrogens with one attached hydrogen (secondary N) is 1. The second-order valence-corrected chi connectivity index (χ2v) is 7.79. The van der Waals surface area contributed by atoms with Crippen LogP contribution in [-0.2, 0) is 0 Å². The van der Waals surface area contributed by atoms with E-state index < -0.39 is 5.91 Å². The van der Waals surface area contributed by atoms with Gasteiger partial charge in [-0.15, -0.1) is 5.10 Å². The summed E-state index contributed by atoms with van der Waals surface area (Å²) in [6, 6.07) is 16.4. The highest BCUT2D eigenvalue weighted by atomic mass is 35.5. The molecular weight excluding hydrogens is 438 g/mol. The fraction of sp³-hybridized carbons (Fsp3) is 0.0870. The quantitative estimate of drug-likeness (QED) is 0.396. The summed E-state index contributed by atoms with van der Waals surface area (Å²) in [5.41, 5.74) is 3.84. The second-order valence-electron chi connectivity index (χ2n) is 6.98. The Hall–Kier alpha value is -3.22. The predicted molar refractivity (Wildman–Crippen MR) is 121 cm³/mol. The first-order valence-corrected chi connectivity index (χ1v) is 10.1. The molecule has 5 nitrogen and oxygen atoms in total. The van der Waals surface area contributed by atoms with Gasteiger partial charge >= 0.3 is 0 Å². The lowest BCUT2D eigenvalue weighted by Crippen LogP contribution is -2.15. The fourth-order valence-electron chi connectivity index (χ4n) is 3.06. The first-order chi connectivity index (χ1) is 14.8. The van der Waals surface area contributed by atoms with Gasteiger partial charge in [0, 0.05) is 11.3 Å². The van der Waals surface area contributed by atoms with Crippen molar-refractivity contribution in [3.8, 4) is 17.1 Å². The number of rotatable bonds is 4. The standard InChI is InChI=1S/C23H17Cl2FN4O/c1-13-4-3-5-20(14(13)2)27-23(31)21-28-22(15-6-8-16(26)9-7-15)30(29-21)17-10-11-18(24)19(25)12-17/h3-12H,1-2H3,(H,27,31). The Labute approximate surface area is 188 Å². The summed E-state index contributed by atoms with van der Waals surface area (Å²) in [4.78, 5) is 17.4. The summed E-state index contributed by atoms with van der Waals surface area (Å²) in [7, 11) is 0. The number of amides is 1. The number of aromatic nitrogens is 3. The van der Waals surface area contributed by atoms with Crippen molar-refractivity contribution in [2.45, 2.75) is 13.8 Å². The topological polar surface area (TPSA) is 59.8 Å². The van der Waals surface area contributed by atoms with Gasteiger partial charge in [-0.3, -0.25) is 4.79 Å². The first-order valence-electron chi connectivity index (χ1n) is 9.39. The van der Waals surface area contributed by atoms with Crippen molar-refractivity contribution < 1.29 is 9.18 Å². The summed E-state index contributed by atoms with van der Waals surface area (Å²) < 4.78 is 14.9. The Morgan fingerprint density at radius 2 is 1.74 bits per heavy atom. The third kappa shape index (κ3) is 4.31. The van der Waals surface area contributed by atoms with E-state index in [0.29, 0.717) is 32.8 Å². The molecule has 4 rings (SSSR count). The lowest BCUT2D eigenvalue weighted by Gasteiger charge is -2.08. The van der Waals surface area contributed by atoms with Gasteiger partial charge in [-0.1, -0.05) is 35.3 Å². The third-order valence-corrected chi connectivity index (χ3v) is 5.65. The maximum atomic E-state index is 13.4. The summed E-state index contributed by atoms with van der Waals surface area (Å²) in [6.45, 7) is 3.89. The average molecular weight is 455 g/mol. The Morgan fingerprint density at radius 1 is 1.00 bits per heavy atom. The molecule has 0 aliphatic carbocycles. The SMILES string of the molecule is Cc1cccc(NC(=O)c2nc(-c3ccc(F)cc3)n(-c3ccc(Cl)c(Cl)c3)n2)c1C. The van der Waals surface area contributed by atoms with Crippen molar-refractivity contribution >= 4 is 34.8 Å². The van der Waals surface area contributed by atoms with Crippen LogP contribution in [0.4, 0.5) is 10.1 Å². The number of hydrogen-bond donors (Lipinski definition) is 1. The molecule has 0 saturated heterocycles. The van der Waals surface area contributed by atoms with E-state index in [9.17, 15) is 9.18 Å². The average Bonchev–Trinajstić information content (AvgIpc) is 3.19. The number of carbonyl (C=O) groups excluding carboxylic acids is 1. The number of benzene rings is 3. The highest BCUT2D eigenvalue weighted by molar-refractivity contribution is 6.42. The van der Waals surface area contributed by atoms with Gasteiger partial charge in [0.1, 0.15) is 5.82 Å². The van der Waals surface area contributed by atoms with Crippen LogP contribution in [0.2, 0.25) is 10.0 Å². The maximum Gasteiger partial charge on any atom is 0.295 e. The number of carbonyl (C=O) groups is 1. The lowest BCUT2D eigenvalue weighted by molar-refractivity contribution is 0.101. The van der Waals surface area contributed by atoms with E-state index in [4.69, 9.17) is 23.2 Å². The van der Waals surface area contributed by atoms with Crippen LogP contribution in [0.5, 0.6) is 0 Å². The molecule has 8 heteroatoms. The zero-order valence-electron chi connectivity index (χ0n) is 16.7. The molecule has 1 N–H and O–H groups in total. The highest BCUT2D eigenvalue weighted by Gasteiger charge is 2.20. The zero-order chi connectivity index (χ0) is 22.1. The number of nitrogens with zero attached hydrogens (tertiary/aromatic N) is 3. The summed E-state index contributed by atoms with van der Waals surface area (Å²) in [5.74, 6) is -0.510. The van der Waals surface area contributed by atoms with Crippen molar-refractivity contribution in [3.05, 3.63) is 93.5 Å². The Balaban J connectivity index is 1.78. The minimum absolute atomic E-state index is 0.0358. The van der Waals surface area contributed by atoms with E-state index in [0.717, 1.165) is 11.1 Å². The van der Waals surface area contributed by atoms with Crippen LogP contribution in [0.25, 0.3) is 17.1 Å². The van der Waals surface area contributed by atoms with E-state index >= 15 is 0 Å². The van der Waals surface area contributed by atoms with Crippen molar-refractivity contribution in [1.29, 1.82) is 0 Å². The molecule has 0 aliphatic heterocycles.